The van der Waals surface area contributed by atoms with Crippen molar-refractivity contribution in [3.8, 4) is 0 Å². The minimum absolute atomic E-state index is 0.0540. The van der Waals surface area contributed by atoms with Gasteiger partial charge in [-0.15, -0.1) is 0 Å². The summed E-state index contributed by atoms with van der Waals surface area (Å²) >= 11 is 6.08. The minimum atomic E-state index is -0.111. The van der Waals surface area contributed by atoms with E-state index < -0.39 is 0 Å². The van der Waals surface area contributed by atoms with Gasteiger partial charge in [0.25, 0.3) is 0 Å². The largest absolute Gasteiger partial charge is 0.394 e. The summed E-state index contributed by atoms with van der Waals surface area (Å²) in [5.74, 6) is 0. The molecular weight excluding hydrogens is 252 g/mol. The molecule has 1 aromatic rings. The lowest BCUT2D eigenvalue weighted by atomic mass is 10.1. The number of halogens is 1. The Balaban J connectivity index is 2.22. The predicted octanol–water partition coefficient (Wildman–Crippen LogP) is 1.26. The molecule has 2 rings (SSSR count). The minimum Gasteiger partial charge on any atom is -0.394 e. The molecule has 5 heteroatoms. The fourth-order valence-electron chi connectivity index (χ4n) is 2.22. The number of nitrogens with zero attached hydrogens (tertiary/aromatic N) is 1. The molecule has 1 unspecified atom stereocenters. The van der Waals surface area contributed by atoms with Crippen LogP contribution in [0.4, 0.5) is 5.69 Å². The predicted molar refractivity (Wildman–Crippen MR) is 73.3 cm³/mol. The highest BCUT2D eigenvalue weighted by Crippen LogP contribution is 2.26. The van der Waals surface area contributed by atoms with E-state index >= 15 is 0 Å². The van der Waals surface area contributed by atoms with Gasteiger partial charge in [-0.1, -0.05) is 17.7 Å². The number of hydrogen-bond donors (Lipinski definition) is 2. The van der Waals surface area contributed by atoms with Crippen LogP contribution in [0.2, 0.25) is 5.02 Å². The van der Waals surface area contributed by atoms with Gasteiger partial charge in [-0.25, -0.2) is 0 Å². The zero-order valence-corrected chi connectivity index (χ0v) is 11.3. The van der Waals surface area contributed by atoms with Gasteiger partial charge in [0.1, 0.15) is 0 Å². The van der Waals surface area contributed by atoms with Gasteiger partial charge in [0.2, 0.25) is 0 Å². The number of aliphatic hydroxyl groups excluding tert-OH is 1. The van der Waals surface area contributed by atoms with Crippen LogP contribution in [-0.4, -0.2) is 44.6 Å². The number of anilines is 1. The van der Waals surface area contributed by atoms with Crippen molar-refractivity contribution in [3.63, 3.8) is 0 Å². The summed E-state index contributed by atoms with van der Waals surface area (Å²) in [4.78, 5) is 2.23. The molecule has 1 heterocycles. The van der Waals surface area contributed by atoms with Crippen molar-refractivity contribution in [2.75, 3.05) is 38.3 Å². The quantitative estimate of drug-likeness (QED) is 0.865. The van der Waals surface area contributed by atoms with Crippen molar-refractivity contribution in [1.29, 1.82) is 0 Å². The summed E-state index contributed by atoms with van der Waals surface area (Å²) in [5, 5.41) is 13.1. The number of aliphatic hydroxyl groups is 1. The van der Waals surface area contributed by atoms with Crippen LogP contribution in [0.1, 0.15) is 5.56 Å². The molecule has 0 bridgehead atoms. The fourth-order valence-corrected chi connectivity index (χ4v) is 2.39. The summed E-state index contributed by atoms with van der Waals surface area (Å²) in [7, 11) is 1.92. The molecule has 1 fully saturated rings. The Kier molecular flexibility index (Phi) is 4.83. The van der Waals surface area contributed by atoms with E-state index in [1.807, 2.05) is 25.2 Å². The van der Waals surface area contributed by atoms with Gasteiger partial charge in [-0.05, 0) is 24.7 Å². The molecule has 0 amide bonds. The van der Waals surface area contributed by atoms with Crippen molar-refractivity contribution in [2.24, 2.45) is 0 Å². The van der Waals surface area contributed by atoms with Gasteiger partial charge in [0, 0.05) is 30.3 Å². The lowest BCUT2D eigenvalue weighted by Crippen LogP contribution is -2.44. The molecule has 2 N–H and O–H groups in total. The van der Waals surface area contributed by atoms with Crippen molar-refractivity contribution in [1.82, 2.24) is 5.32 Å². The number of hydrogen-bond acceptors (Lipinski definition) is 4. The second-order valence-electron chi connectivity index (χ2n) is 4.42. The molecule has 0 saturated carbocycles. The average Bonchev–Trinajstić information content (AvgIpc) is 2.41. The number of morpholine rings is 1. The lowest BCUT2D eigenvalue weighted by Gasteiger charge is -2.35. The maximum atomic E-state index is 9.19. The third kappa shape index (κ3) is 3.14. The smallest absolute Gasteiger partial charge is 0.0980 e. The molecule has 18 heavy (non-hydrogen) atoms. The Bertz CT molecular complexity index is 401. The molecule has 0 spiro atoms. The standard InChI is InChI=1S/C13H19ClN2O2/c1-15-7-10-2-3-11(14)6-13(10)16-4-5-18-12(8-16)9-17/h2-3,6,12,15,17H,4-5,7-9H2,1H3. The maximum absolute atomic E-state index is 9.19. The zero-order chi connectivity index (χ0) is 13.0. The fraction of sp³-hybridized carbons (Fsp3) is 0.538. The number of nitrogens with one attached hydrogen (secondary N) is 1. The van der Waals surface area contributed by atoms with Gasteiger partial charge >= 0.3 is 0 Å². The number of ether oxygens (including phenoxy) is 1. The molecule has 1 aromatic carbocycles. The Morgan fingerprint density at radius 3 is 3.11 bits per heavy atom. The van der Waals surface area contributed by atoms with Crippen molar-refractivity contribution >= 4 is 17.3 Å². The van der Waals surface area contributed by atoms with Gasteiger partial charge in [-0.3, -0.25) is 0 Å². The van der Waals surface area contributed by atoms with Gasteiger partial charge in [0.05, 0.1) is 19.3 Å². The number of benzene rings is 1. The average molecular weight is 271 g/mol. The van der Waals surface area contributed by atoms with E-state index in [0.29, 0.717) is 13.2 Å². The van der Waals surface area contributed by atoms with Crippen LogP contribution >= 0.6 is 11.6 Å². The van der Waals surface area contributed by atoms with E-state index in [-0.39, 0.29) is 12.7 Å². The highest BCUT2D eigenvalue weighted by Gasteiger charge is 2.21. The van der Waals surface area contributed by atoms with Crippen LogP contribution in [0.3, 0.4) is 0 Å². The first-order valence-corrected chi connectivity index (χ1v) is 6.53. The molecular formula is C13H19ClN2O2. The lowest BCUT2D eigenvalue weighted by molar-refractivity contribution is 0.00352. The van der Waals surface area contributed by atoms with Crippen LogP contribution in [0.15, 0.2) is 18.2 Å². The molecule has 0 radical (unpaired) electrons. The van der Waals surface area contributed by atoms with E-state index in [1.54, 1.807) is 0 Å². The molecule has 1 aliphatic heterocycles. The van der Waals surface area contributed by atoms with E-state index in [2.05, 4.69) is 10.2 Å². The topological polar surface area (TPSA) is 44.7 Å². The summed E-state index contributed by atoms with van der Waals surface area (Å²) in [5.41, 5.74) is 2.33. The SMILES string of the molecule is CNCc1ccc(Cl)cc1N1CCOC(CO)C1. The van der Waals surface area contributed by atoms with Gasteiger partial charge in [0.15, 0.2) is 0 Å². The molecule has 0 aromatic heterocycles. The second-order valence-corrected chi connectivity index (χ2v) is 4.86. The second kappa shape index (κ2) is 6.38. The Hall–Kier alpha value is -0.810. The Labute approximate surface area is 113 Å². The molecule has 1 saturated heterocycles. The van der Waals surface area contributed by atoms with Crippen LogP contribution in [0.25, 0.3) is 0 Å². The molecule has 0 aliphatic carbocycles. The van der Waals surface area contributed by atoms with E-state index in [1.165, 1.54) is 5.56 Å². The van der Waals surface area contributed by atoms with Gasteiger partial charge < -0.3 is 20.1 Å². The van der Waals surface area contributed by atoms with Gasteiger partial charge in [-0.2, -0.15) is 0 Å². The third-order valence-corrected chi connectivity index (χ3v) is 3.33. The van der Waals surface area contributed by atoms with E-state index in [0.717, 1.165) is 23.8 Å². The molecule has 100 valence electrons. The van der Waals surface area contributed by atoms with Crippen molar-refractivity contribution < 1.29 is 9.84 Å². The Morgan fingerprint density at radius 2 is 2.39 bits per heavy atom. The molecule has 4 nitrogen and oxygen atoms in total. The van der Waals surface area contributed by atoms with Crippen LogP contribution in [-0.2, 0) is 11.3 Å². The van der Waals surface area contributed by atoms with Crippen LogP contribution < -0.4 is 10.2 Å². The van der Waals surface area contributed by atoms with Crippen LogP contribution in [0, 0.1) is 0 Å². The maximum Gasteiger partial charge on any atom is 0.0980 e. The molecule has 1 atom stereocenters. The summed E-state index contributed by atoms with van der Waals surface area (Å²) in [6, 6.07) is 5.92. The first kappa shape index (κ1) is 13.6. The first-order valence-electron chi connectivity index (χ1n) is 6.15. The monoisotopic (exact) mass is 270 g/mol. The van der Waals surface area contributed by atoms with Crippen molar-refractivity contribution in [3.05, 3.63) is 28.8 Å². The zero-order valence-electron chi connectivity index (χ0n) is 10.5. The summed E-state index contributed by atoms with van der Waals surface area (Å²) < 4.78 is 5.47. The first-order chi connectivity index (χ1) is 8.74. The normalized spacial score (nSPS) is 20.2. The molecule has 1 aliphatic rings. The summed E-state index contributed by atoms with van der Waals surface area (Å²) in [6.07, 6.45) is -0.111. The highest BCUT2D eigenvalue weighted by molar-refractivity contribution is 6.30. The van der Waals surface area contributed by atoms with E-state index in [9.17, 15) is 5.11 Å². The van der Waals surface area contributed by atoms with Crippen molar-refractivity contribution in [2.45, 2.75) is 12.6 Å². The summed E-state index contributed by atoms with van der Waals surface area (Å²) in [6.45, 7) is 3.02. The third-order valence-electron chi connectivity index (χ3n) is 3.10. The Morgan fingerprint density at radius 1 is 1.56 bits per heavy atom. The number of rotatable bonds is 4. The van der Waals surface area contributed by atoms with Crippen LogP contribution in [0.5, 0.6) is 0 Å². The van der Waals surface area contributed by atoms with E-state index in [4.69, 9.17) is 16.3 Å². The highest BCUT2D eigenvalue weighted by atomic mass is 35.5.